The Bertz CT molecular complexity index is 258. The summed E-state index contributed by atoms with van der Waals surface area (Å²) < 4.78 is 0. The largest absolute Gasteiger partial charge is 0.504 e. The molecule has 0 aliphatic rings. The van der Waals surface area contributed by atoms with Crippen LogP contribution in [-0.2, 0) is 0 Å². The summed E-state index contributed by atoms with van der Waals surface area (Å²) in [6.07, 6.45) is 1.51. The number of hydrogen-bond acceptors (Lipinski definition) is 3. The molecule has 0 amide bonds. The van der Waals surface area contributed by atoms with Crippen LogP contribution in [0.3, 0.4) is 0 Å². The van der Waals surface area contributed by atoms with Gasteiger partial charge in [-0.15, -0.1) is 0 Å². The maximum atomic E-state index is 9.14. The fraction of sp³-hybridized carbons (Fsp3) is 0.125. The van der Waals surface area contributed by atoms with E-state index in [2.05, 4.69) is 5.16 Å². The second-order valence-electron chi connectivity index (χ2n) is 1.92. The zero-order valence-corrected chi connectivity index (χ0v) is 6.19. The molecule has 0 fully saturated rings. The number of hydrogen-bond donors (Lipinski definition) is 1. The summed E-state index contributed by atoms with van der Waals surface area (Å²) in [7, 11) is 0. The standard InChI is InChI=1S/C8H9NO2/c1-2-9-11-8-6-4-3-5-7(8)10/h2-6,10H,1H3/b9-2+. The molecule has 0 unspecified atom stereocenters. The first kappa shape index (κ1) is 7.60. The van der Waals surface area contributed by atoms with Crippen LogP contribution in [0.4, 0.5) is 0 Å². The highest BCUT2D eigenvalue weighted by Crippen LogP contribution is 2.24. The van der Waals surface area contributed by atoms with Gasteiger partial charge in [-0.1, -0.05) is 17.3 Å². The Kier molecular flexibility index (Phi) is 2.49. The van der Waals surface area contributed by atoms with E-state index in [1.807, 2.05) is 0 Å². The van der Waals surface area contributed by atoms with Crippen LogP contribution in [0.2, 0.25) is 0 Å². The number of nitrogens with zero attached hydrogens (tertiary/aromatic N) is 1. The number of benzene rings is 1. The van der Waals surface area contributed by atoms with Crippen molar-refractivity contribution in [3.63, 3.8) is 0 Å². The molecule has 11 heavy (non-hydrogen) atoms. The smallest absolute Gasteiger partial charge is 0.199 e. The molecule has 3 heteroatoms. The Morgan fingerprint density at radius 3 is 2.82 bits per heavy atom. The van der Waals surface area contributed by atoms with E-state index in [9.17, 15) is 0 Å². The van der Waals surface area contributed by atoms with E-state index in [0.29, 0.717) is 5.75 Å². The molecule has 0 aliphatic heterocycles. The molecule has 1 aromatic rings. The molecule has 1 aromatic carbocycles. The molecule has 0 radical (unpaired) electrons. The van der Waals surface area contributed by atoms with E-state index in [1.165, 1.54) is 6.21 Å². The zero-order valence-electron chi connectivity index (χ0n) is 6.19. The fourth-order valence-electron chi connectivity index (χ4n) is 0.644. The van der Waals surface area contributed by atoms with Gasteiger partial charge in [0, 0.05) is 6.21 Å². The van der Waals surface area contributed by atoms with E-state index >= 15 is 0 Å². The SMILES string of the molecule is C/C=N/Oc1ccccc1O. The third kappa shape index (κ3) is 1.97. The topological polar surface area (TPSA) is 41.8 Å². The van der Waals surface area contributed by atoms with Gasteiger partial charge < -0.3 is 9.94 Å². The molecule has 1 rings (SSSR count). The number of oxime groups is 1. The van der Waals surface area contributed by atoms with Crippen molar-refractivity contribution >= 4 is 6.21 Å². The second kappa shape index (κ2) is 3.61. The number of para-hydroxylation sites is 2. The maximum Gasteiger partial charge on any atom is 0.199 e. The third-order valence-electron chi connectivity index (χ3n) is 1.12. The van der Waals surface area contributed by atoms with E-state index in [1.54, 1.807) is 31.2 Å². The van der Waals surface area contributed by atoms with Crippen molar-refractivity contribution in [2.24, 2.45) is 5.16 Å². The molecule has 0 bridgehead atoms. The predicted octanol–water partition coefficient (Wildman–Crippen LogP) is 1.78. The lowest BCUT2D eigenvalue weighted by atomic mass is 10.3. The minimum Gasteiger partial charge on any atom is -0.504 e. The molecule has 0 atom stereocenters. The number of rotatable bonds is 2. The van der Waals surface area contributed by atoms with Crippen LogP contribution in [0.5, 0.6) is 11.5 Å². The van der Waals surface area contributed by atoms with Crippen molar-refractivity contribution in [2.45, 2.75) is 6.92 Å². The average Bonchev–Trinajstić information content (AvgIpc) is 2.03. The van der Waals surface area contributed by atoms with Crippen molar-refractivity contribution in [2.75, 3.05) is 0 Å². The highest BCUT2D eigenvalue weighted by molar-refractivity contribution is 5.52. The van der Waals surface area contributed by atoms with Gasteiger partial charge in [-0.25, -0.2) is 0 Å². The summed E-state index contributed by atoms with van der Waals surface area (Å²) in [5.74, 6) is 0.462. The maximum absolute atomic E-state index is 9.14. The first-order valence-corrected chi connectivity index (χ1v) is 3.27. The number of phenolic OH excluding ortho intramolecular Hbond substituents is 1. The van der Waals surface area contributed by atoms with E-state index in [0.717, 1.165) is 0 Å². The van der Waals surface area contributed by atoms with Crippen LogP contribution in [0, 0.1) is 0 Å². The minimum absolute atomic E-state index is 0.0955. The summed E-state index contributed by atoms with van der Waals surface area (Å²) in [5, 5.41) is 12.7. The minimum atomic E-state index is 0.0955. The molecular formula is C8H9NO2. The Balaban J connectivity index is 2.77. The van der Waals surface area contributed by atoms with Gasteiger partial charge in [-0.2, -0.15) is 0 Å². The van der Waals surface area contributed by atoms with Crippen molar-refractivity contribution < 1.29 is 9.94 Å². The quantitative estimate of drug-likeness (QED) is 0.517. The van der Waals surface area contributed by atoms with Gasteiger partial charge in [0.25, 0.3) is 0 Å². The van der Waals surface area contributed by atoms with Crippen LogP contribution >= 0.6 is 0 Å². The van der Waals surface area contributed by atoms with Crippen molar-refractivity contribution in [3.8, 4) is 11.5 Å². The molecule has 0 spiro atoms. The zero-order chi connectivity index (χ0) is 8.10. The summed E-state index contributed by atoms with van der Waals surface area (Å²) in [5.41, 5.74) is 0. The van der Waals surface area contributed by atoms with Crippen LogP contribution in [0.1, 0.15) is 6.92 Å². The second-order valence-corrected chi connectivity index (χ2v) is 1.92. The van der Waals surface area contributed by atoms with Crippen molar-refractivity contribution in [3.05, 3.63) is 24.3 Å². The Morgan fingerprint density at radius 1 is 1.45 bits per heavy atom. The van der Waals surface area contributed by atoms with Gasteiger partial charge in [0.15, 0.2) is 11.5 Å². The summed E-state index contributed by atoms with van der Waals surface area (Å²) in [6.45, 7) is 1.74. The molecule has 3 nitrogen and oxygen atoms in total. The molecule has 0 aliphatic carbocycles. The summed E-state index contributed by atoms with van der Waals surface area (Å²) in [6, 6.07) is 6.67. The van der Waals surface area contributed by atoms with Gasteiger partial charge in [-0.05, 0) is 19.1 Å². The van der Waals surface area contributed by atoms with Crippen LogP contribution < -0.4 is 4.84 Å². The molecule has 0 heterocycles. The first-order chi connectivity index (χ1) is 5.34. The Hall–Kier alpha value is -1.51. The molecule has 1 N–H and O–H groups in total. The van der Waals surface area contributed by atoms with E-state index < -0.39 is 0 Å². The normalized spacial score (nSPS) is 10.3. The van der Waals surface area contributed by atoms with E-state index in [-0.39, 0.29) is 5.75 Å². The number of phenols is 1. The lowest BCUT2D eigenvalue weighted by molar-refractivity contribution is 0.320. The van der Waals surface area contributed by atoms with Crippen LogP contribution in [0.25, 0.3) is 0 Å². The average molecular weight is 151 g/mol. The lowest BCUT2D eigenvalue weighted by Gasteiger charge is -1.98. The molecule has 0 aromatic heterocycles. The highest BCUT2D eigenvalue weighted by atomic mass is 16.6. The monoisotopic (exact) mass is 151 g/mol. The summed E-state index contributed by atoms with van der Waals surface area (Å²) >= 11 is 0. The Labute approximate surface area is 64.9 Å². The molecule has 0 saturated heterocycles. The fourth-order valence-corrected chi connectivity index (χ4v) is 0.644. The van der Waals surface area contributed by atoms with Gasteiger partial charge in [0.2, 0.25) is 0 Å². The van der Waals surface area contributed by atoms with E-state index in [4.69, 9.17) is 9.94 Å². The van der Waals surface area contributed by atoms with Crippen molar-refractivity contribution in [1.29, 1.82) is 0 Å². The lowest BCUT2D eigenvalue weighted by Crippen LogP contribution is -1.82. The summed E-state index contributed by atoms with van der Waals surface area (Å²) in [4.78, 5) is 4.81. The van der Waals surface area contributed by atoms with Gasteiger partial charge in [0.05, 0.1) is 0 Å². The third-order valence-corrected chi connectivity index (χ3v) is 1.12. The van der Waals surface area contributed by atoms with Crippen molar-refractivity contribution in [1.82, 2.24) is 0 Å². The highest BCUT2D eigenvalue weighted by Gasteiger charge is 1.97. The van der Waals surface area contributed by atoms with Crippen LogP contribution in [-0.4, -0.2) is 11.3 Å². The Morgan fingerprint density at radius 2 is 2.18 bits per heavy atom. The first-order valence-electron chi connectivity index (χ1n) is 3.27. The number of aromatic hydroxyl groups is 1. The van der Waals surface area contributed by atoms with Gasteiger partial charge >= 0.3 is 0 Å². The molecular weight excluding hydrogens is 142 g/mol. The van der Waals surface area contributed by atoms with Gasteiger partial charge in [0.1, 0.15) is 0 Å². The molecule has 0 saturated carbocycles. The van der Waals surface area contributed by atoms with Crippen LogP contribution in [0.15, 0.2) is 29.4 Å². The predicted molar refractivity (Wildman–Crippen MR) is 42.9 cm³/mol. The molecule has 58 valence electrons. The van der Waals surface area contributed by atoms with Gasteiger partial charge in [-0.3, -0.25) is 0 Å².